The van der Waals surface area contributed by atoms with Gasteiger partial charge in [0.25, 0.3) is 0 Å². The van der Waals surface area contributed by atoms with Crippen LogP contribution in [0.4, 0.5) is 0 Å². The van der Waals surface area contributed by atoms with E-state index in [1.165, 1.54) is 5.56 Å². The molecule has 3 saturated carbocycles. The molecule has 1 aromatic carbocycles. The highest BCUT2D eigenvalue weighted by Crippen LogP contribution is 2.84. The fraction of sp³-hybridized carbons (Fsp3) is 0.585. The maximum atomic E-state index is 15.9. The van der Waals surface area contributed by atoms with Crippen LogP contribution < -0.4 is 16.8 Å². The molecule has 0 saturated heterocycles. The number of rotatable bonds is 6. The van der Waals surface area contributed by atoms with Crippen molar-refractivity contribution in [3.05, 3.63) is 87.6 Å². The molecule has 0 amide bonds. The number of carboxylic acids is 1. The zero-order valence-corrected chi connectivity index (χ0v) is 37.9. The first-order valence-electron chi connectivity index (χ1n) is 23.5. The molecular formula is C53H64N4O7. The molecule has 0 heterocycles. The van der Waals surface area contributed by atoms with Crippen molar-refractivity contribution in [3.8, 4) is 11.8 Å². The largest absolute Gasteiger partial charge is 0.478 e. The van der Waals surface area contributed by atoms with Gasteiger partial charge in [-0.2, -0.15) is 0 Å². The van der Waals surface area contributed by atoms with E-state index in [4.69, 9.17) is 16.5 Å². The molecule has 9 N–H and O–H groups in total. The van der Waals surface area contributed by atoms with Gasteiger partial charge in [0.1, 0.15) is 11.4 Å². The molecule has 11 heteroatoms. The molecule has 1 aromatic rings. The summed E-state index contributed by atoms with van der Waals surface area (Å²) in [6, 6.07) is 8.32. The number of carbonyl (C=O) groups excluding carboxylic acids is 2. The van der Waals surface area contributed by atoms with Crippen molar-refractivity contribution >= 4 is 29.6 Å². The Morgan fingerprint density at radius 1 is 0.953 bits per heavy atom. The van der Waals surface area contributed by atoms with E-state index in [2.05, 4.69) is 55.3 Å². The summed E-state index contributed by atoms with van der Waals surface area (Å²) in [7, 11) is 1.76. The number of aryl methyl sites for hydroxylation is 1. The molecule has 338 valence electrons. The first-order valence-corrected chi connectivity index (χ1v) is 23.5. The Hall–Kier alpha value is -4.60. The molecular weight excluding hydrogens is 805 g/mol. The maximum absolute atomic E-state index is 15.9. The van der Waals surface area contributed by atoms with E-state index in [0.717, 1.165) is 17.6 Å². The fourth-order valence-corrected chi connectivity index (χ4v) is 16.9. The Morgan fingerprint density at radius 2 is 1.72 bits per heavy atom. The third kappa shape index (κ3) is 5.14. The van der Waals surface area contributed by atoms with E-state index in [-0.39, 0.29) is 55.2 Å². The minimum Gasteiger partial charge on any atom is -0.478 e. The van der Waals surface area contributed by atoms with Crippen LogP contribution in [-0.2, 0) is 20.8 Å². The molecule has 0 aromatic heterocycles. The van der Waals surface area contributed by atoms with E-state index in [1.54, 1.807) is 13.1 Å². The Balaban J connectivity index is 1.25. The highest BCUT2D eigenvalue weighted by Gasteiger charge is 2.84. The number of aliphatic carboxylic acids is 1. The van der Waals surface area contributed by atoms with E-state index in [9.17, 15) is 30.0 Å². The highest BCUT2D eigenvalue weighted by molar-refractivity contribution is 6.02. The van der Waals surface area contributed by atoms with Crippen molar-refractivity contribution in [2.75, 3.05) is 13.6 Å². The predicted octanol–water partition coefficient (Wildman–Crippen LogP) is 5.49. The molecule has 0 radical (unpaired) electrons. The smallest absolute Gasteiger partial charge is 0.331 e. The lowest BCUT2D eigenvalue weighted by atomic mass is 9.33. The Morgan fingerprint density at radius 3 is 2.45 bits per heavy atom. The molecule has 3 fully saturated rings. The van der Waals surface area contributed by atoms with Gasteiger partial charge >= 0.3 is 5.97 Å². The van der Waals surface area contributed by atoms with Gasteiger partial charge in [-0.1, -0.05) is 81.8 Å². The van der Waals surface area contributed by atoms with Gasteiger partial charge in [0.2, 0.25) is 0 Å². The summed E-state index contributed by atoms with van der Waals surface area (Å²) in [5.41, 5.74) is 7.96. The normalized spacial score (nSPS) is 45.4. The van der Waals surface area contributed by atoms with Crippen LogP contribution in [0.5, 0.6) is 0 Å². The molecule has 0 aliphatic heterocycles. The van der Waals surface area contributed by atoms with E-state index in [0.29, 0.717) is 61.8 Å². The number of aliphatic hydroxyl groups is 3. The third-order valence-corrected chi connectivity index (χ3v) is 19.4. The van der Waals surface area contributed by atoms with Gasteiger partial charge in [0.15, 0.2) is 11.7 Å². The second kappa shape index (κ2) is 14.0. The molecule has 13 atom stereocenters. The number of nitrogens with one attached hydrogen (secondary N) is 1. The number of ketones is 2. The van der Waals surface area contributed by atoms with Gasteiger partial charge in [-0.15, -0.1) is 11.8 Å². The molecule has 9 aliphatic carbocycles. The van der Waals surface area contributed by atoms with Gasteiger partial charge in [0, 0.05) is 70.3 Å². The van der Waals surface area contributed by atoms with Gasteiger partial charge in [-0.05, 0) is 111 Å². The van der Waals surface area contributed by atoms with E-state index < -0.39 is 79.6 Å². The summed E-state index contributed by atoms with van der Waals surface area (Å²) in [4.78, 5) is 48.3. The number of nitrogens with zero attached hydrogens (tertiary/aromatic N) is 1. The second-order valence-corrected chi connectivity index (χ2v) is 21.8. The Bertz CT molecular complexity index is 2560. The molecule has 64 heavy (non-hydrogen) atoms. The van der Waals surface area contributed by atoms with Crippen molar-refractivity contribution in [2.45, 2.75) is 128 Å². The number of guanidine groups is 1. The number of carboxylic acid groups (broad SMARTS) is 1. The van der Waals surface area contributed by atoms with Crippen LogP contribution in [0.1, 0.15) is 109 Å². The topological polar surface area (TPSA) is 209 Å². The molecule has 2 spiro atoms. The van der Waals surface area contributed by atoms with Crippen molar-refractivity contribution in [1.29, 1.82) is 0 Å². The van der Waals surface area contributed by atoms with Crippen molar-refractivity contribution in [2.24, 2.45) is 67.2 Å². The van der Waals surface area contributed by atoms with Crippen LogP contribution in [0.3, 0.4) is 0 Å². The van der Waals surface area contributed by atoms with Crippen molar-refractivity contribution in [1.82, 2.24) is 5.32 Å². The summed E-state index contributed by atoms with van der Waals surface area (Å²) in [5, 5.41) is 54.6. The summed E-state index contributed by atoms with van der Waals surface area (Å²) in [6.07, 6.45) is 12.9. The molecule has 4 bridgehead atoms. The van der Waals surface area contributed by atoms with Crippen molar-refractivity contribution < 1.29 is 34.8 Å². The summed E-state index contributed by atoms with van der Waals surface area (Å²) in [5.74, 6) is 3.40. The summed E-state index contributed by atoms with van der Waals surface area (Å²) in [6.45, 7) is 8.75. The summed E-state index contributed by atoms with van der Waals surface area (Å²) < 4.78 is 0. The minimum absolute atomic E-state index is 0.0528. The number of aliphatic imine (C=N–C) groups is 1. The Kier molecular flexibility index (Phi) is 9.45. The summed E-state index contributed by atoms with van der Waals surface area (Å²) >= 11 is 0. The van der Waals surface area contributed by atoms with Crippen LogP contribution in [0.25, 0.3) is 6.08 Å². The van der Waals surface area contributed by atoms with E-state index in [1.807, 2.05) is 38.1 Å². The van der Waals surface area contributed by atoms with Crippen LogP contribution >= 0.6 is 0 Å². The number of fused-ring (bicyclic) bond motifs is 4. The first kappa shape index (κ1) is 43.3. The lowest BCUT2D eigenvalue weighted by Gasteiger charge is -2.70. The Labute approximate surface area is 376 Å². The third-order valence-electron chi connectivity index (χ3n) is 19.4. The monoisotopic (exact) mass is 868 g/mol. The fourth-order valence-electron chi connectivity index (χ4n) is 16.9. The van der Waals surface area contributed by atoms with Gasteiger partial charge in [0.05, 0.1) is 17.2 Å². The number of hydrogen-bond donors (Lipinski definition) is 7. The number of nitrogens with two attached hydrogens (primary N) is 2. The quantitative estimate of drug-likeness (QED) is 0.0629. The number of benzene rings is 1. The number of hydrogen-bond acceptors (Lipinski definition) is 8. The highest BCUT2D eigenvalue weighted by atomic mass is 16.4. The van der Waals surface area contributed by atoms with Gasteiger partial charge in [-0.25, -0.2) is 9.79 Å². The zero-order chi connectivity index (χ0) is 45.6. The molecule has 11 nitrogen and oxygen atoms in total. The van der Waals surface area contributed by atoms with Crippen molar-refractivity contribution in [3.63, 3.8) is 0 Å². The molecule has 9 aliphatic rings. The number of carbonyl (C=O) groups is 3. The molecule has 13 unspecified atom stereocenters. The van der Waals surface area contributed by atoms with Gasteiger partial charge in [-0.3, -0.25) is 9.59 Å². The van der Waals surface area contributed by atoms with Crippen LogP contribution in [-0.4, -0.2) is 80.4 Å². The number of allylic oxidation sites excluding steroid dienone is 2. The van der Waals surface area contributed by atoms with E-state index >= 15 is 4.79 Å². The molecule has 10 rings (SSSR count). The second-order valence-electron chi connectivity index (χ2n) is 21.8. The first-order chi connectivity index (χ1) is 30.2. The van der Waals surface area contributed by atoms with Gasteiger partial charge < -0.3 is 37.2 Å². The lowest BCUT2D eigenvalue weighted by molar-refractivity contribution is -0.171. The number of aliphatic hydroxyl groups excluding tert-OH is 1. The predicted molar refractivity (Wildman–Crippen MR) is 244 cm³/mol. The maximum Gasteiger partial charge on any atom is 0.331 e. The zero-order valence-electron chi connectivity index (χ0n) is 37.9. The average Bonchev–Trinajstić information content (AvgIpc) is 3.40. The van der Waals surface area contributed by atoms with Crippen LogP contribution in [0, 0.1) is 62.6 Å². The SMILES string of the molecule is CNCCC(C(=O)O)=C1CCC2(N=C(N)N)C=CC3(CC4(O)C=CC5(O)C6=C7C(=O)CC3(C)C64CCC#CCC3(C)C(=O)CCC7(C)C3C5C3=Cc4ccccc4CC3)C(C)C2C1O. The van der Waals surface area contributed by atoms with Crippen LogP contribution in [0.2, 0.25) is 0 Å². The lowest BCUT2D eigenvalue weighted by Crippen LogP contribution is -2.71. The average molecular weight is 869 g/mol. The van der Waals surface area contributed by atoms with Crippen LogP contribution in [0.15, 0.2) is 81.4 Å². The minimum atomic E-state index is -1.75. The number of Topliss-reactive ketones (excluding diaryl/α,β-unsaturated/α-hetero) is 2. The standard InChI is InChI=1S/C53H64N4O7/c1-30-38-41(60)34(35(44(61)62)17-26-56-5)15-21-50(38,57-45(54)55)23-22-49(30)29-51(63)24-25-52(64)39(33-14-13-31-11-7-8-12-32(31)27-33)42-46(2)18-9-6-10-19-53(51)43(52)40(36(58)28-48(49,53)4)47(42,3)20-16-37(46)59/h7-8,11-12,22-25,27,30,38-39,41-42,56,60,63-64H,10,13-21,26,28-29H2,1-5H3,(H,61,62)(H4,54,55,57).